The lowest BCUT2D eigenvalue weighted by Gasteiger charge is -2.12. The molecule has 0 aliphatic heterocycles. The van der Waals surface area contributed by atoms with Gasteiger partial charge in [0.25, 0.3) is 5.91 Å². The lowest BCUT2D eigenvalue weighted by atomic mass is 10.1. The number of hydrogen-bond donors (Lipinski definition) is 2. The minimum atomic E-state index is -0.348. The Morgan fingerprint density at radius 1 is 0.971 bits per heavy atom. The van der Waals surface area contributed by atoms with E-state index in [4.69, 9.17) is 9.47 Å². The Hall–Kier alpha value is -4.46. The fraction of sp³-hybridized carbons (Fsp3) is 0.115. The minimum absolute atomic E-state index is 0.208. The maximum absolute atomic E-state index is 13.5. The van der Waals surface area contributed by atoms with E-state index in [9.17, 15) is 9.18 Å². The topological polar surface area (TPSA) is 85.4 Å². The summed E-state index contributed by atoms with van der Waals surface area (Å²) in [6, 6.07) is 20.3. The second-order valence-corrected chi connectivity index (χ2v) is 7.34. The Bertz CT molecular complexity index is 1300. The monoisotopic (exact) mass is 458 g/mol. The van der Waals surface area contributed by atoms with Crippen LogP contribution in [0.15, 0.2) is 79.0 Å². The smallest absolute Gasteiger partial charge is 0.251 e. The van der Waals surface area contributed by atoms with E-state index in [2.05, 4.69) is 20.6 Å². The van der Waals surface area contributed by atoms with Crippen LogP contribution >= 0.6 is 0 Å². The lowest BCUT2D eigenvalue weighted by Crippen LogP contribution is -2.23. The second kappa shape index (κ2) is 10.4. The summed E-state index contributed by atoms with van der Waals surface area (Å²) in [5.74, 6) is 1.73. The van der Waals surface area contributed by atoms with Crippen LogP contribution < -0.4 is 20.1 Å². The number of rotatable bonds is 8. The molecule has 1 heterocycles. The van der Waals surface area contributed by atoms with E-state index in [1.165, 1.54) is 12.1 Å². The van der Waals surface area contributed by atoms with Gasteiger partial charge in [-0.25, -0.2) is 14.4 Å². The molecule has 2 N–H and O–H groups in total. The van der Waals surface area contributed by atoms with Gasteiger partial charge in [-0.15, -0.1) is 0 Å². The van der Waals surface area contributed by atoms with Gasteiger partial charge >= 0.3 is 0 Å². The van der Waals surface area contributed by atoms with Gasteiger partial charge in [0.05, 0.1) is 14.2 Å². The number of anilines is 2. The first-order valence-corrected chi connectivity index (χ1v) is 10.5. The maximum atomic E-state index is 13.5. The second-order valence-electron chi connectivity index (χ2n) is 7.34. The standard InChI is InChI=1S/C26H23FN4O3/c1-33-22-11-8-19(23(15-22)34-2)16-29-26(32)17-6-9-21(10-7-17)30-24-12-13-28-25(31-24)18-4-3-5-20(27)14-18/h3-15H,16H2,1-2H3,(H,29,32)(H,28,30,31). The largest absolute Gasteiger partial charge is 0.497 e. The molecule has 0 atom stereocenters. The van der Waals surface area contributed by atoms with Gasteiger partial charge in [0.1, 0.15) is 23.1 Å². The molecular weight excluding hydrogens is 435 g/mol. The first kappa shape index (κ1) is 22.7. The van der Waals surface area contributed by atoms with E-state index < -0.39 is 0 Å². The summed E-state index contributed by atoms with van der Waals surface area (Å²) in [5, 5.41) is 6.07. The summed E-state index contributed by atoms with van der Waals surface area (Å²) in [4.78, 5) is 21.2. The molecule has 0 saturated heterocycles. The SMILES string of the molecule is COc1ccc(CNC(=O)c2ccc(Nc3ccnc(-c4cccc(F)c4)n3)cc2)c(OC)c1. The lowest BCUT2D eigenvalue weighted by molar-refractivity contribution is 0.0950. The molecule has 1 amide bonds. The van der Waals surface area contributed by atoms with E-state index in [1.54, 1.807) is 68.9 Å². The number of methoxy groups -OCH3 is 2. The van der Waals surface area contributed by atoms with Gasteiger partial charge in [0, 0.05) is 41.2 Å². The molecule has 1 aromatic heterocycles. The van der Waals surface area contributed by atoms with Crippen molar-refractivity contribution in [1.82, 2.24) is 15.3 Å². The first-order valence-electron chi connectivity index (χ1n) is 10.5. The van der Waals surface area contributed by atoms with Gasteiger partial charge in [-0.05, 0) is 54.6 Å². The Labute approximate surface area is 196 Å². The van der Waals surface area contributed by atoms with E-state index in [0.717, 1.165) is 11.3 Å². The molecule has 0 spiro atoms. The van der Waals surface area contributed by atoms with E-state index in [1.807, 2.05) is 12.1 Å². The normalized spacial score (nSPS) is 10.4. The van der Waals surface area contributed by atoms with E-state index >= 15 is 0 Å². The van der Waals surface area contributed by atoms with Crippen LogP contribution in [0.2, 0.25) is 0 Å². The summed E-state index contributed by atoms with van der Waals surface area (Å²) in [6.45, 7) is 0.315. The number of carbonyl (C=O) groups is 1. The molecule has 0 fully saturated rings. The van der Waals surface area contributed by atoms with Crippen molar-refractivity contribution in [2.45, 2.75) is 6.54 Å². The zero-order valence-corrected chi connectivity index (χ0v) is 18.7. The van der Waals surface area contributed by atoms with Crippen LogP contribution in [-0.4, -0.2) is 30.1 Å². The number of nitrogens with one attached hydrogen (secondary N) is 2. The number of halogens is 1. The Balaban J connectivity index is 1.40. The number of aromatic nitrogens is 2. The molecule has 4 rings (SSSR count). The van der Waals surface area contributed by atoms with Crippen LogP contribution in [0.5, 0.6) is 11.5 Å². The average Bonchev–Trinajstić information content (AvgIpc) is 2.87. The van der Waals surface area contributed by atoms with Gasteiger partial charge < -0.3 is 20.1 Å². The highest BCUT2D eigenvalue weighted by Crippen LogP contribution is 2.25. The molecule has 34 heavy (non-hydrogen) atoms. The molecule has 0 radical (unpaired) electrons. The number of ether oxygens (including phenoxy) is 2. The molecule has 4 aromatic rings. The quantitative estimate of drug-likeness (QED) is 0.388. The van der Waals surface area contributed by atoms with Crippen LogP contribution in [0.4, 0.5) is 15.9 Å². The van der Waals surface area contributed by atoms with Gasteiger partial charge in [-0.3, -0.25) is 4.79 Å². The molecule has 3 aromatic carbocycles. The number of carbonyl (C=O) groups excluding carboxylic acids is 1. The summed E-state index contributed by atoms with van der Waals surface area (Å²) < 4.78 is 24.1. The highest BCUT2D eigenvalue weighted by atomic mass is 19.1. The van der Waals surface area contributed by atoms with Crippen molar-refractivity contribution >= 4 is 17.4 Å². The van der Waals surface area contributed by atoms with Crippen LogP contribution in [0.25, 0.3) is 11.4 Å². The minimum Gasteiger partial charge on any atom is -0.497 e. The van der Waals surface area contributed by atoms with Crippen molar-refractivity contribution in [2.24, 2.45) is 0 Å². The van der Waals surface area contributed by atoms with Crippen molar-refractivity contribution < 1.29 is 18.7 Å². The Morgan fingerprint density at radius 2 is 1.79 bits per heavy atom. The van der Waals surface area contributed by atoms with Crippen LogP contribution in [-0.2, 0) is 6.54 Å². The van der Waals surface area contributed by atoms with Gasteiger partial charge in [-0.2, -0.15) is 0 Å². The summed E-state index contributed by atoms with van der Waals surface area (Å²) in [6.07, 6.45) is 1.60. The molecule has 8 heteroatoms. The van der Waals surface area contributed by atoms with Gasteiger partial charge in [0.15, 0.2) is 5.82 Å². The van der Waals surface area contributed by atoms with Crippen LogP contribution in [0.1, 0.15) is 15.9 Å². The number of hydrogen-bond acceptors (Lipinski definition) is 6. The van der Waals surface area contributed by atoms with E-state index in [-0.39, 0.29) is 11.7 Å². The molecule has 0 unspecified atom stereocenters. The fourth-order valence-electron chi connectivity index (χ4n) is 3.32. The summed E-state index contributed by atoms with van der Waals surface area (Å²) in [5.41, 5.74) is 2.69. The molecular formula is C26H23FN4O3. The third-order valence-electron chi connectivity index (χ3n) is 5.09. The number of nitrogens with zero attached hydrogens (tertiary/aromatic N) is 2. The van der Waals surface area contributed by atoms with E-state index in [0.29, 0.717) is 40.8 Å². The Morgan fingerprint density at radius 3 is 2.53 bits per heavy atom. The van der Waals surface area contributed by atoms with Gasteiger partial charge in [0.2, 0.25) is 0 Å². The third kappa shape index (κ3) is 5.47. The first-order chi connectivity index (χ1) is 16.6. The molecule has 0 saturated carbocycles. The molecule has 7 nitrogen and oxygen atoms in total. The highest BCUT2D eigenvalue weighted by Gasteiger charge is 2.10. The summed E-state index contributed by atoms with van der Waals surface area (Å²) in [7, 11) is 3.16. The van der Waals surface area contributed by atoms with Crippen molar-refractivity contribution in [3.8, 4) is 22.9 Å². The third-order valence-corrected chi connectivity index (χ3v) is 5.09. The van der Waals surface area contributed by atoms with Crippen molar-refractivity contribution in [1.29, 1.82) is 0 Å². The average molecular weight is 458 g/mol. The van der Waals surface area contributed by atoms with Crippen LogP contribution in [0.3, 0.4) is 0 Å². The number of amides is 1. The van der Waals surface area contributed by atoms with Gasteiger partial charge in [-0.1, -0.05) is 12.1 Å². The summed E-state index contributed by atoms with van der Waals surface area (Å²) >= 11 is 0. The molecule has 0 aliphatic carbocycles. The predicted octanol–water partition coefficient (Wildman–Crippen LogP) is 4.97. The predicted molar refractivity (Wildman–Crippen MR) is 128 cm³/mol. The zero-order valence-electron chi connectivity index (χ0n) is 18.7. The van der Waals surface area contributed by atoms with Crippen molar-refractivity contribution in [3.63, 3.8) is 0 Å². The maximum Gasteiger partial charge on any atom is 0.251 e. The fourth-order valence-corrected chi connectivity index (χ4v) is 3.32. The number of benzene rings is 3. The molecule has 0 aliphatic rings. The highest BCUT2D eigenvalue weighted by molar-refractivity contribution is 5.94. The van der Waals surface area contributed by atoms with Crippen molar-refractivity contribution in [2.75, 3.05) is 19.5 Å². The molecule has 0 bridgehead atoms. The van der Waals surface area contributed by atoms with Crippen molar-refractivity contribution in [3.05, 3.63) is 95.9 Å². The zero-order chi connectivity index (χ0) is 23.9. The van der Waals surface area contributed by atoms with Crippen LogP contribution in [0, 0.1) is 5.82 Å². The molecule has 172 valence electrons. The Kier molecular flexibility index (Phi) is 6.98.